The van der Waals surface area contributed by atoms with Crippen molar-refractivity contribution in [1.29, 1.82) is 0 Å². The largest absolute Gasteiger partial charge is 0.494 e. The monoisotopic (exact) mass is 501 g/mol. The molecule has 36 heavy (non-hydrogen) atoms. The molecule has 0 fully saturated rings. The lowest BCUT2D eigenvalue weighted by molar-refractivity contribution is 0.0971. The predicted molar refractivity (Wildman–Crippen MR) is 143 cm³/mol. The van der Waals surface area contributed by atoms with Crippen molar-refractivity contribution in [3.63, 3.8) is 0 Å². The van der Waals surface area contributed by atoms with Crippen LogP contribution >= 0.6 is 11.6 Å². The summed E-state index contributed by atoms with van der Waals surface area (Å²) < 4.78 is 11.9. The van der Waals surface area contributed by atoms with E-state index in [1.807, 2.05) is 48.5 Å². The van der Waals surface area contributed by atoms with Gasteiger partial charge >= 0.3 is 0 Å². The number of rotatable bonds is 8. The Morgan fingerprint density at radius 2 is 1.69 bits per heavy atom. The van der Waals surface area contributed by atoms with Gasteiger partial charge < -0.3 is 9.15 Å². The summed E-state index contributed by atoms with van der Waals surface area (Å²) in [5.41, 5.74) is 3.09. The molecule has 0 spiro atoms. The van der Waals surface area contributed by atoms with Crippen LogP contribution in [0, 0.1) is 0 Å². The summed E-state index contributed by atoms with van der Waals surface area (Å²) in [4.78, 5) is 29.1. The Morgan fingerprint density at radius 3 is 2.39 bits per heavy atom. The average molecular weight is 502 g/mol. The number of halogens is 1. The van der Waals surface area contributed by atoms with Crippen LogP contribution in [-0.2, 0) is 6.42 Å². The number of ether oxygens (including phenoxy) is 1. The van der Waals surface area contributed by atoms with Crippen molar-refractivity contribution in [3.8, 4) is 5.75 Å². The third-order valence-corrected chi connectivity index (χ3v) is 6.90. The highest BCUT2D eigenvalue weighted by molar-refractivity contribution is 6.31. The quantitative estimate of drug-likeness (QED) is 0.237. The third kappa shape index (κ3) is 4.40. The molecule has 3 aromatic carbocycles. The van der Waals surface area contributed by atoms with E-state index in [4.69, 9.17) is 20.8 Å². The zero-order valence-corrected chi connectivity index (χ0v) is 21.2. The maximum absolute atomic E-state index is 13.7. The van der Waals surface area contributed by atoms with E-state index in [0.717, 1.165) is 37.0 Å². The van der Waals surface area contributed by atoms with Crippen molar-refractivity contribution < 1.29 is 13.9 Å². The van der Waals surface area contributed by atoms with Gasteiger partial charge in [-0.2, -0.15) is 0 Å². The summed E-state index contributed by atoms with van der Waals surface area (Å²) in [6, 6.07) is 19.7. The molecule has 1 amide bonds. The van der Waals surface area contributed by atoms with E-state index in [0.29, 0.717) is 33.8 Å². The van der Waals surface area contributed by atoms with Crippen LogP contribution in [-0.4, -0.2) is 12.5 Å². The number of hydrogen-bond donors (Lipinski definition) is 0. The maximum Gasteiger partial charge on any atom is 0.295 e. The fraction of sp³-hybridized carbons (Fsp3) is 0.267. The summed E-state index contributed by atoms with van der Waals surface area (Å²) in [5.74, 6) is 0.489. The highest BCUT2D eigenvalue weighted by Crippen LogP contribution is 2.41. The highest BCUT2D eigenvalue weighted by atomic mass is 35.5. The number of carbonyl (C=O) groups excluding carboxylic acids is 1. The molecule has 2 heterocycles. The molecule has 184 valence electrons. The van der Waals surface area contributed by atoms with Gasteiger partial charge in [0.15, 0.2) is 5.43 Å². The van der Waals surface area contributed by atoms with Crippen LogP contribution in [0.2, 0.25) is 5.02 Å². The Labute approximate surface area is 215 Å². The first-order valence-corrected chi connectivity index (χ1v) is 12.8. The average Bonchev–Trinajstić information content (AvgIpc) is 3.20. The van der Waals surface area contributed by atoms with Crippen molar-refractivity contribution in [2.24, 2.45) is 0 Å². The van der Waals surface area contributed by atoms with Crippen molar-refractivity contribution >= 4 is 34.2 Å². The van der Waals surface area contributed by atoms with Crippen molar-refractivity contribution in [1.82, 2.24) is 0 Å². The number of fused-ring (bicyclic) bond motifs is 2. The molecule has 0 saturated heterocycles. The van der Waals surface area contributed by atoms with E-state index < -0.39 is 6.04 Å². The lowest BCUT2D eigenvalue weighted by Crippen LogP contribution is -2.29. The zero-order chi connectivity index (χ0) is 25.2. The number of unbranched alkanes of at least 4 members (excludes halogenated alkanes) is 2. The number of nitrogens with zero attached hydrogens (tertiary/aromatic N) is 1. The zero-order valence-electron chi connectivity index (χ0n) is 20.4. The minimum Gasteiger partial charge on any atom is -0.494 e. The van der Waals surface area contributed by atoms with Crippen LogP contribution in [0.4, 0.5) is 5.69 Å². The van der Waals surface area contributed by atoms with Gasteiger partial charge in [-0.1, -0.05) is 62.6 Å². The standard InChI is InChI=1S/C30H28ClNO4/c1-3-5-6-17-35-23-14-9-20(10-15-23)27-26-28(33)24-18-21(31)11-16-25(24)36-29(26)30(34)32(27)22-12-7-19(4-2)8-13-22/h7-16,18,27H,3-6,17H2,1-2H3. The van der Waals surface area contributed by atoms with Crippen molar-refractivity contribution in [3.05, 3.63) is 104 Å². The van der Waals surface area contributed by atoms with Gasteiger partial charge in [0.05, 0.1) is 23.6 Å². The molecule has 4 aromatic rings. The minimum absolute atomic E-state index is 0.0688. The summed E-state index contributed by atoms with van der Waals surface area (Å²) >= 11 is 6.18. The molecule has 1 aliphatic rings. The van der Waals surface area contributed by atoms with Gasteiger partial charge in [0.1, 0.15) is 11.3 Å². The first kappa shape index (κ1) is 24.1. The van der Waals surface area contributed by atoms with Crippen LogP contribution in [0.25, 0.3) is 11.0 Å². The number of amides is 1. The molecule has 1 atom stereocenters. The molecule has 5 nitrogen and oxygen atoms in total. The topological polar surface area (TPSA) is 59.8 Å². The molecule has 1 unspecified atom stereocenters. The summed E-state index contributed by atoms with van der Waals surface area (Å²) in [5, 5.41) is 0.797. The molecular formula is C30H28ClNO4. The molecule has 0 N–H and O–H groups in total. The Hall–Kier alpha value is -3.57. The van der Waals surface area contributed by atoms with E-state index in [-0.39, 0.29) is 17.1 Å². The molecule has 0 saturated carbocycles. The minimum atomic E-state index is -0.631. The molecule has 1 aliphatic heterocycles. The molecule has 1 aromatic heterocycles. The van der Waals surface area contributed by atoms with Gasteiger partial charge in [-0.15, -0.1) is 0 Å². The molecule has 0 bridgehead atoms. The van der Waals surface area contributed by atoms with Crippen LogP contribution < -0.4 is 15.1 Å². The lowest BCUT2D eigenvalue weighted by Gasteiger charge is -2.25. The summed E-state index contributed by atoms with van der Waals surface area (Å²) in [6.07, 6.45) is 4.15. The Morgan fingerprint density at radius 1 is 0.944 bits per heavy atom. The molecule has 0 radical (unpaired) electrons. The van der Waals surface area contributed by atoms with Crippen molar-refractivity contribution in [2.45, 2.75) is 45.6 Å². The second-order valence-electron chi connectivity index (χ2n) is 9.04. The number of carbonyl (C=O) groups is 1. The first-order valence-electron chi connectivity index (χ1n) is 12.4. The highest BCUT2D eigenvalue weighted by Gasteiger charge is 2.43. The Balaban J connectivity index is 1.61. The summed E-state index contributed by atoms with van der Waals surface area (Å²) in [7, 11) is 0. The van der Waals surface area contributed by atoms with Crippen molar-refractivity contribution in [2.75, 3.05) is 11.5 Å². The normalized spacial score (nSPS) is 14.9. The predicted octanol–water partition coefficient (Wildman–Crippen LogP) is 7.33. The smallest absolute Gasteiger partial charge is 0.295 e. The number of aryl methyl sites for hydroxylation is 1. The lowest BCUT2D eigenvalue weighted by atomic mass is 9.98. The molecule has 6 heteroatoms. The van der Waals surface area contributed by atoms with Crippen LogP contribution in [0.15, 0.2) is 75.9 Å². The van der Waals surface area contributed by atoms with E-state index in [2.05, 4.69) is 13.8 Å². The number of benzene rings is 3. The van der Waals surface area contributed by atoms with E-state index in [9.17, 15) is 9.59 Å². The fourth-order valence-electron chi connectivity index (χ4n) is 4.71. The van der Waals surface area contributed by atoms with Gasteiger partial charge in [0.2, 0.25) is 5.76 Å². The van der Waals surface area contributed by atoms with Gasteiger partial charge in [-0.25, -0.2) is 0 Å². The van der Waals surface area contributed by atoms with E-state index in [1.54, 1.807) is 23.1 Å². The second-order valence-corrected chi connectivity index (χ2v) is 9.47. The summed E-state index contributed by atoms with van der Waals surface area (Å²) in [6.45, 7) is 4.90. The SMILES string of the molecule is CCCCCOc1ccc(C2c3c(oc4ccc(Cl)cc4c3=O)C(=O)N2c2ccc(CC)cc2)cc1. The Bertz CT molecular complexity index is 1460. The molecule has 0 aliphatic carbocycles. The van der Waals surface area contributed by atoms with Crippen LogP contribution in [0.1, 0.15) is 66.4 Å². The second kappa shape index (κ2) is 10.2. The maximum atomic E-state index is 13.7. The molecule has 5 rings (SSSR count). The van der Waals surface area contributed by atoms with E-state index in [1.165, 1.54) is 5.56 Å². The number of anilines is 1. The third-order valence-electron chi connectivity index (χ3n) is 6.67. The van der Waals surface area contributed by atoms with Gasteiger partial charge in [0.25, 0.3) is 5.91 Å². The van der Waals surface area contributed by atoms with Crippen LogP contribution in [0.3, 0.4) is 0 Å². The van der Waals surface area contributed by atoms with Gasteiger partial charge in [0, 0.05) is 10.7 Å². The van der Waals surface area contributed by atoms with Gasteiger partial charge in [-0.05, 0) is 66.4 Å². The Kier molecular flexibility index (Phi) is 6.84. The first-order chi connectivity index (χ1) is 17.5. The molecular weight excluding hydrogens is 474 g/mol. The number of hydrogen-bond acceptors (Lipinski definition) is 4. The van der Waals surface area contributed by atoms with E-state index >= 15 is 0 Å². The fourth-order valence-corrected chi connectivity index (χ4v) is 4.88. The van der Waals surface area contributed by atoms with Crippen LogP contribution in [0.5, 0.6) is 5.75 Å². The van der Waals surface area contributed by atoms with Gasteiger partial charge in [-0.3, -0.25) is 14.5 Å².